The highest BCUT2D eigenvalue weighted by Gasteiger charge is 2.35. The van der Waals surface area contributed by atoms with E-state index in [4.69, 9.17) is 31.0 Å². The number of nitriles is 1. The number of nitrogens with one attached hydrogen (secondary N) is 2. The molecule has 2 saturated heterocycles. The van der Waals surface area contributed by atoms with Crippen LogP contribution in [0.4, 0.5) is 15.9 Å². The number of anilines is 2. The second-order valence-electron chi connectivity index (χ2n) is 19.2. The fraction of sp³-hybridized carbons (Fsp3) is 0.364. The molecule has 9 rings (SSSR count). The van der Waals surface area contributed by atoms with Crippen molar-refractivity contribution < 1.29 is 33.7 Å². The normalized spacial score (nSPS) is 16.9. The maximum absolute atomic E-state index is 14.1. The van der Waals surface area contributed by atoms with Crippen LogP contribution in [0.3, 0.4) is 0 Å². The van der Waals surface area contributed by atoms with Gasteiger partial charge in [0.05, 0.1) is 59.9 Å². The Kier molecular flexibility index (Phi) is 16.0. The highest BCUT2D eigenvalue weighted by atomic mass is 35.5. The smallest absolute Gasteiger partial charge is 0.348 e. The number of H-pyrrole nitrogens is 1. The van der Waals surface area contributed by atoms with Crippen LogP contribution in [0.25, 0.3) is 27.8 Å². The average molecular weight is 1040 g/mol. The first-order valence-corrected chi connectivity index (χ1v) is 25.5. The summed E-state index contributed by atoms with van der Waals surface area (Å²) in [6, 6.07) is 23.8. The van der Waals surface area contributed by atoms with E-state index in [1.165, 1.54) is 27.9 Å². The molecule has 4 N–H and O–H groups in total. The second kappa shape index (κ2) is 23.1. The number of amides is 2. The van der Waals surface area contributed by atoms with Gasteiger partial charge in [0, 0.05) is 74.1 Å². The predicted octanol–water partition coefficient (Wildman–Crippen LogP) is 7.42. The number of hydrogen-bond acceptors (Lipinski definition) is 14. The molecule has 2 unspecified atom stereocenters. The van der Waals surface area contributed by atoms with Crippen molar-refractivity contribution in [3.63, 3.8) is 0 Å². The van der Waals surface area contributed by atoms with Crippen LogP contribution in [0.1, 0.15) is 67.8 Å². The fourth-order valence-electron chi connectivity index (χ4n) is 10.3. The number of hydrogen-bond donors (Lipinski definition) is 4. The summed E-state index contributed by atoms with van der Waals surface area (Å²) in [6.45, 7) is 11.6. The zero-order valence-corrected chi connectivity index (χ0v) is 42.6. The van der Waals surface area contributed by atoms with Crippen molar-refractivity contribution in [1.29, 1.82) is 5.26 Å². The number of ether oxygens (including phenoxy) is 2. The molecule has 2 aromatic heterocycles. The van der Waals surface area contributed by atoms with E-state index in [9.17, 15) is 34.2 Å². The van der Waals surface area contributed by atoms with Gasteiger partial charge in [-0.1, -0.05) is 68.4 Å². The lowest BCUT2D eigenvalue weighted by Gasteiger charge is -2.42. The van der Waals surface area contributed by atoms with Crippen LogP contribution in [0.5, 0.6) is 17.5 Å². The van der Waals surface area contributed by atoms with E-state index in [1.807, 2.05) is 44.2 Å². The molecule has 4 aromatic carbocycles. The molecule has 0 aliphatic carbocycles. The van der Waals surface area contributed by atoms with Crippen LogP contribution in [0, 0.1) is 11.3 Å². The number of carbonyl (C=O) groups is 2. The molecule has 2 amide bonds. The first-order valence-electron chi connectivity index (χ1n) is 25.1. The summed E-state index contributed by atoms with van der Waals surface area (Å²) in [6.07, 6.45) is 6.00. The highest BCUT2D eigenvalue weighted by Crippen LogP contribution is 2.39. The van der Waals surface area contributed by atoms with Crippen molar-refractivity contribution in [3.05, 3.63) is 135 Å². The number of likely N-dealkylation sites (tertiary alicyclic amines) is 1. The van der Waals surface area contributed by atoms with Gasteiger partial charge in [-0.25, -0.2) is 18.9 Å². The molecular formula is C55H59ClFN11O7. The van der Waals surface area contributed by atoms with Crippen LogP contribution in [0.15, 0.2) is 102 Å². The van der Waals surface area contributed by atoms with E-state index in [0.717, 1.165) is 59.2 Å². The summed E-state index contributed by atoms with van der Waals surface area (Å²) in [5.41, 5.74) is 4.44. The number of phenols is 2. The van der Waals surface area contributed by atoms with Gasteiger partial charge in [0.25, 0.3) is 5.91 Å². The van der Waals surface area contributed by atoms with Gasteiger partial charge < -0.3 is 39.7 Å². The van der Waals surface area contributed by atoms with Crippen molar-refractivity contribution in [3.8, 4) is 40.7 Å². The lowest BCUT2D eigenvalue weighted by atomic mass is 9.98. The Morgan fingerprint density at radius 3 is 2.60 bits per heavy atom. The van der Waals surface area contributed by atoms with Gasteiger partial charge >= 0.3 is 11.7 Å². The minimum absolute atomic E-state index is 0.0217. The Labute approximate surface area is 438 Å². The molecule has 2 atom stereocenters. The van der Waals surface area contributed by atoms with Gasteiger partial charge in [0.15, 0.2) is 11.7 Å². The number of aromatic hydroxyl groups is 2. The Bertz CT molecular complexity index is 3220. The van der Waals surface area contributed by atoms with Gasteiger partial charge in [-0.2, -0.15) is 20.3 Å². The molecule has 6 aromatic rings. The molecule has 390 valence electrons. The summed E-state index contributed by atoms with van der Waals surface area (Å²) >= 11 is 6.78. The van der Waals surface area contributed by atoms with Crippen LogP contribution in [-0.2, 0) is 33.8 Å². The predicted molar refractivity (Wildman–Crippen MR) is 283 cm³/mol. The lowest BCUT2D eigenvalue weighted by molar-refractivity contribution is -0.131. The van der Waals surface area contributed by atoms with E-state index in [0.29, 0.717) is 73.3 Å². The van der Waals surface area contributed by atoms with Gasteiger partial charge in [-0.15, -0.1) is 0 Å². The number of aromatic amines is 1. The topological polar surface area (TPSA) is 218 Å². The van der Waals surface area contributed by atoms with Crippen molar-refractivity contribution >= 4 is 45.7 Å². The standard InChI is InChI=1S/C55H59ClFN11O7/c1-34(2)42-28-43(48(70)29-47(42)69)52-62-63-55(73)68(52)38-15-13-36(14-16-38)30-59-49(71)19-27-74-26-7-22-64-21-6-10-40(64)33-75-54-60-45-32-65(46-12-5-9-37-8-4-11-44(56)50(37)46)23-18-41(45)51(61-54)66-24-25-67(53(72)35(3)57)39(31-66)17-20-58/h4-5,8-9,11-16,19,27-29,34,39-40,69-70H,3,6-7,10,17-18,21-26,30-33H2,1-2H3,(H,59,71)(H,63,73). The number of rotatable bonds is 18. The minimum Gasteiger partial charge on any atom is -0.508 e. The summed E-state index contributed by atoms with van der Waals surface area (Å²) < 4.78 is 27.6. The maximum atomic E-state index is 14.1. The number of phenolic OH excluding ortho intramolecular Hbond substituents is 2. The third-order valence-corrected chi connectivity index (χ3v) is 14.4. The zero-order valence-electron chi connectivity index (χ0n) is 41.8. The van der Waals surface area contributed by atoms with Gasteiger partial charge in [-0.05, 0) is 85.0 Å². The number of fused-ring (bicyclic) bond motifs is 2. The van der Waals surface area contributed by atoms with Crippen molar-refractivity contribution in [1.82, 2.24) is 39.8 Å². The number of nitrogens with zero attached hydrogens (tertiary/aromatic N) is 9. The molecular weight excluding hydrogens is 981 g/mol. The number of carbonyl (C=O) groups excluding carboxylic acids is 2. The first-order chi connectivity index (χ1) is 36.3. The fourth-order valence-corrected chi connectivity index (χ4v) is 10.5. The molecule has 20 heteroatoms. The Morgan fingerprint density at radius 2 is 1.83 bits per heavy atom. The number of aromatic nitrogens is 5. The van der Waals surface area contributed by atoms with Crippen LogP contribution in [-0.4, -0.2) is 121 Å². The van der Waals surface area contributed by atoms with Crippen molar-refractivity contribution in [2.75, 3.05) is 62.3 Å². The molecule has 0 spiro atoms. The summed E-state index contributed by atoms with van der Waals surface area (Å²) in [5.74, 6) is -1.63. The lowest BCUT2D eigenvalue weighted by Crippen LogP contribution is -2.55. The molecule has 75 heavy (non-hydrogen) atoms. The van der Waals surface area contributed by atoms with E-state index in [-0.39, 0.29) is 67.3 Å². The zero-order chi connectivity index (χ0) is 52.8. The summed E-state index contributed by atoms with van der Waals surface area (Å²) in [7, 11) is 0. The number of piperazine rings is 1. The van der Waals surface area contributed by atoms with E-state index >= 15 is 0 Å². The van der Waals surface area contributed by atoms with Gasteiger partial charge in [-0.3, -0.25) is 14.5 Å². The quantitative estimate of drug-likeness (QED) is 0.0374. The van der Waals surface area contributed by atoms with E-state index < -0.39 is 23.5 Å². The highest BCUT2D eigenvalue weighted by molar-refractivity contribution is 6.36. The summed E-state index contributed by atoms with van der Waals surface area (Å²) in [5, 5.41) is 42.8. The first kappa shape index (κ1) is 51.9. The van der Waals surface area contributed by atoms with Crippen molar-refractivity contribution in [2.45, 2.75) is 77.0 Å². The minimum atomic E-state index is -1.06. The Hall–Kier alpha value is -7.95. The molecule has 5 heterocycles. The molecule has 0 bridgehead atoms. The second-order valence-corrected chi connectivity index (χ2v) is 19.6. The van der Waals surface area contributed by atoms with Crippen LogP contribution in [0.2, 0.25) is 5.02 Å². The monoisotopic (exact) mass is 1040 g/mol. The molecule has 3 aliphatic rings. The largest absolute Gasteiger partial charge is 0.508 e. The van der Waals surface area contributed by atoms with Crippen molar-refractivity contribution in [2.24, 2.45) is 0 Å². The Balaban J connectivity index is 0.789. The van der Waals surface area contributed by atoms with Gasteiger partial charge in [0.1, 0.15) is 23.9 Å². The van der Waals surface area contributed by atoms with E-state index in [1.54, 1.807) is 30.3 Å². The summed E-state index contributed by atoms with van der Waals surface area (Å²) in [4.78, 5) is 56.4. The molecule has 2 fully saturated rings. The third kappa shape index (κ3) is 11.6. The van der Waals surface area contributed by atoms with Crippen LogP contribution < -0.4 is 25.5 Å². The molecule has 0 saturated carbocycles. The molecule has 18 nitrogen and oxygen atoms in total. The van der Waals surface area contributed by atoms with Gasteiger partial charge in [0.2, 0.25) is 5.91 Å². The third-order valence-electron chi connectivity index (χ3n) is 14.1. The molecule has 0 radical (unpaired) electrons. The SMILES string of the molecule is C=C(F)C(=O)N1CCN(c2nc(OCC3CCCN3CCCOC=CC(=O)NCc3ccc(-n4c(-c5cc(C(C)C)c(O)cc5O)n[nH]c4=O)cc3)nc3c2CCN(c2cccc4cccc(Cl)c24)C3)CC1CC#N. The average Bonchev–Trinajstić information content (AvgIpc) is 4.03. The number of benzene rings is 4. The number of halogens is 2. The van der Waals surface area contributed by atoms with Crippen LogP contribution >= 0.6 is 11.6 Å². The molecule has 3 aliphatic heterocycles. The Morgan fingerprint density at radius 1 is 1.03 bits per heavy atom. The maximum Gasteiger partial charge on any atom is 0.348 e. The van der Waals surface area contributed by atoms with E-state index in [2.05, 4.69) is 48.9 Å².